The molecule has 0 spiro atoms. The van der Waals surface area contributed by atoms with Gasteiger partial charge >= 0.3 is 0 Å². The molecule has 0 bridgehead atoms. The molecular weight excluding hydrogens is 313 g/mol. The summed E-state index contributed by atoms with van der Waals surface area (Å²) in [5.41, 5.74) is 1.11. The highest BCUT2D eigenvalue weighted by molar-refractivity contribution is 5.88. The van der Waals surface area contributed by atoms with Crippen LogP contribution in [-0.2, 0) is 0 Å². The van der Waals surface area contributed by atoms with Crippen LogP contribution in [0.1, 0.15) is 0 Å². The minimum absolute atomic E-state index is 0.0204. The molecule has 0 aliphatic heterocycles. The first-order valence-electron chi connectivity index (χ1n) is 7.26. The molecule has 0 aliphatic rings. The van der Waals surface area contributed by atoms with Crippen LogP contribution in [0.25, 0.3) is 10.9 Å². The summed E-state index contributed by atoms with van der Waals surface area (Å²) >= 11 is 0. The van der Waals surface area contributed by atoms with Gasteiger partial charge in [0.15, 0.2) is 0 Å². The van der Waals surface area contributed by atoms with E-state index in [0.717, 1.165) is 0 Å². The number of aromatic nitrogens is 2. The number of hydrogen-bond acceptors (Lipinski definition) is 6. The number of nitro groups is 1. The molecule has 1 aromatic heterocycles. The Morgan fingerprint density at radius 2 is 1.88 bits per heavy atom. The standard InChI is InChI=1S/C16H14FN5O2/c17-11-5-6-13-12(9-11)16(21-10-20-13)19-8-7-18-14-3-1-2-4-15(14)22(23)24/h1-6,9-10,18H,7-8H2,(H,19,20,21). The van der Waals surface area contributed by atoms with Crippen molar-refractivity contribution in [2.24, 2.45) is 0 Å². The van der Waals surface area contributed by atoms with E-state index in [-0.39, 0.29) is 11.5 Å². The average Bonchev–Trinajstić information content (AvgIpc) is 2.59. The Morgan fingerprint density at radius 3 is 2.71 bits per heavy atom. The number of anilines is 2. The number of halogens is 1. The quantitative estimate of drug-likeness (QED) is 0.410. The van der Waals surface area contributed by atoms with E-state index in [1.54, 1.807) is 24.3 Å². The summed E-state index contributed by atoms with van der Waals surface area (Å²) in [7, 11) is 0. The van der Waals surface area contributed by atoms with Crippen LogP contribution in [0.15, 0.2) is 48.8 Å². The maximum atomic E-state index is 13.4. The Kier molecular flexibility index (Phi) is 4.46. The Bertz CT molecular complexity index is 887. The molecule has 2 N–H and O–H groups in total. The first-order valence-corrected chi connectivity index (χ1v) is 7.26. The van der Waals surface area contributed by atoms with Crippen LogP contribution in [0.2, 0.25) is 0 Å². The fraction of sp³-hybridized carbons (Fsp3) is 0.125. The van der Waals surface area contributed by atoms with E-state index in [1.165, 1.54) is 24.5 Å². The Hall–Kier alpha value is -3.29. The number of benzene rings is 2. The van der Waals surface area contributed by atoms with Gasteiger partial charge in [-0.15, -0.1) is 0 Å². The second kappa shape index (κ2) is 6.86. The molecule has 2 aromatic carbocycles. The maximum absolute atomic E-state index is 13.4. The van der Waals surface area contributed by atoms with Crippen molar-refractivity contribution in [1.82, 2.24) is 9.97 Å². The summed E-state index contributed by atoms with van der Waals surface area (Å²) in [5, 5.41) is 17.6. The van der Waals surface area contributed by atoms with E-state index in [9.17, 15) is 14.5 Å². The molecule has 122 valence electrons. The van der Waals surface area contributed by atoms with E-state index in [1.807, 2.05) is 0 Å². The van der Waals surface area contributed by atoms with Crippen LogP contribution in [0.4, 0.5) is 21.6 Å². The lowest BCUT2D eigenvalue weighted by Gasteiger charge is -2.10. The number of fused-ring (bicyclic) bond motifs is 1. The molecule has 0 radical (unpaired) electrons. The number of hydrogen-bond donors (Lipinski definition) is 2. The van der Waals surface area contributed by atoms with E-state index < -0.39 is 4.92 Å². The molecule has 0 aliphatic carbocycles. The molecular formula is C16H14FN5O2. The highest BCUT2D eigenvalue weighted by Crippen LogP contribution is 2.23. The van der Waals surface area contributed by atoms with Gasteiger partial charge in [-0.2, -0.15) is 0 Å². The van der Waals surface area contributed by atoms with Crippen molar-refractivity contribution in [1.29, 1.82) is 0 Å². The third kappa shape index (κ3) is 3.37. The van der Waals surface area contributed by atoms with Crippen LogP contribution in [0.3, 0.4) is 0 Å². The Balaban J connectivity index is 1.66. The predicted octanol–water partition coefficient (Wildman–Crippen LogP) is 3.20. The van der Waals surface area contributed by atoms with Gasteiger partial charge in [0.05, 0.1) is 10.4 Å². The highest BCUT2D eigenvalue weighted by atomic mass is 19.1. The number of nitrogens with one attached hydrogen (secondary N) is 2. The Morgan fingerprint density at radius 1 is 1.08 bits per heavy atom. The Labute approximate surface area is 136 Å². The minimum Gasteiger partial charge on any atom is -0.378 e. The fourth-order valence-corrected chi connectivity index (χ4v) is 2.33. The molecule has 7 nitrogen and oxygen atoms in total. The van der Waals surface area contributed by atoms with Crippen LogP contribution in [-0.4, -0.2) is 28.0 Å². The number of nitrogens with zero attached hydrogens (tertiary/aromatic N) is 3. The summed E-state index contributed by atoms with van der Waals surface area (Å²) in [5.74, 6) is 0.155. The lowest BCUT2D eigenvalue weighted by Crippen LogP contribution is -2.15. The van der Waals surface area contributed by atoms with Crippen LogP contribution in [0, 0.1) is 15.9 Å². The summed E-state index contributed by atoms with van der Waals surface area (Å²) in [4.78, 5) is 18.7. The average molecular weight is 327 g/mol. The molecule has 0 amide bonds. The van der Waals surface area contributed by atoms with Crippen LogP contribution < -0.4 is 10.6 Å². The molecule has 0 saturated heterocycles. The van der Waals surface area contributed by atoms with Crippen LogP contribution >= 0.6 is 0 Å². The van der Waals surface area contributed by atoms with Crippen LogP contribution in [0.5, 0.6) is 0 Å². The molecule has 1 heterocycles. The van der Waals surface area contributed by atoms with E-state index in [2.05, 4.69) is 20.6 Å². The largest absolute Gasteiger partial charge is 0.378 e. The van der Waals surface area contributed by atoms with E-state index in [0.29, 0.717) is 35.5 Å². The van der Waals surface area contributed by atoms with Crippen molar-refractivity contribution in [2.45, 2.75) is 0 Å². The van der Waals surface area contributed by atoms with Gasteiger partial charge in [0.1, 0.15) is 23.6 Å². The molecule has 8 heteroatoms. The summed E-state index contributed by atoms with van der Waals surface area (Å²) in [6.45, 7) is 0.889. The zero-order valence-corrected chi connectivity index (χ0v) is 12.6. The maximum Gasteiger partial charge on any atom is 0.292 e. The third-order valence-corrected chi connectivity index (χ3v) is 3.43. The normalized spacial score (nSPS) is 10.5. The van der Waals surface area contributed by atoms with Gasteiger partial charge in [0.2, 0.25) is 0 Å². The zero-order chi connectivity index (χ0) is 16.9. The van der Waals surface area contributed by atoms with Crippen molar-refractivity contribution < 1.29 is 9.31 Å². The second-order valence-corrected chi connectivity index (χ2v) is 5.01. The highest BCUT2D eigenvalue weighted by Gasteiger charge is 2.11. The molecule has 0 atom stereocenters. The zero-order valence-electron chi connectivity index (χ0n) is 12.6. The molecule has 24 heavy (non-hydrogen) atoms. The second-order valence-electron chi connectivity index (χ2n) is 5.01. The van der Waals surface area contributed by atoms with Crippen molar-refractivity contribution in [3.63, 3.8) is 0 Å². The fourth-order valence-electron chi connectivity index (χ4n) is 2.33. The molecule has 0 saturated carbocycles. The van der Waals surface area contributed by atoms with E-state index in [4.69, 9.17) is 0 Å². The van der Waals surface area contributed by atoms with Gasteiger partial charge in [0, 0.05) is 24.5 Å². The first kappa shape index (κ1) is 15.6. The van der Waals surface area contributed by atoms with Gasteiger partial charge in [-0.25, -0.2) is 14.4 Å². The molecule has 0 fully saturated rings. The van der Waals surface area contributed by atoms with Crippen molar-refractivity contribution in [2.75, 3.05) is 23.7 Å². The van der Waals surface area contributed by atoms with Gasteiger partial charge in [-0.05, 0) is 24.3 Å². The third-order valence-electron chi connectivity index (χ3n) is 3.43. The van der Waals surface area contributed by atoms with Gasteiger partial charge in [0.25, 0.3) is 5.69 Å². The number of para-hydroxylation sites is 2. The van der Waals surface area contributed by atoms with Gasteiger partial charge < -0.3 is 10.6 Å². The summed E-state index contributed by atoms with van der Waals surface area (Å²) in [6.07, 6.45) is 1.40. The SMILES string of the molecule is O=[N+]([O-])c1ccccc1NCCNc1ncnc2ccc(F)cc12. The monoisotopic (exact) mass is 327 g/mol. The smallest absolute Gasteiger partial charge is 0.292 e. The predicted molar refractivity (Wildman–Crippen MR) is 89.6 cm³/mol. The molecule has 0 unspecified atom stereocenters. The molecule has 3 rings (SSSR count). The van der Waals surface area contributed by atoms with Crippen molar-refractivity contribution in [3.8, 4) is 0 Å². The number of rotatable bonds is 6. The van der Waals surface area contributed by atoms with Crippen molar-refractivity contribution >= 4 is 28.1 Å². The van der Waals surface area contributed by atoms with Gasteiger partial charge in [-0.1, -0.05) is 12.1 Å². The lowest BCUT2D eigenvalue weighted by atomic mass is 10.2. The summed E-state index contributed by atoms with van der Waals surface area (Å²) < 4.78 is 13.4. The topological polar surface area (TPSA) is 93.0 Å². The minimum atomic E-state index is -0.434. The van der Waals surface area contributed by atoms with Gasteiger partial charge in [-0.3, -0.25) is 10.1 Å². The first-order chi connectivity index (χ1) is 11.6. The summed E-state index contributed by atoms with van der Waals surface area (Å²) in [6, 6.07) is 10.7. The van der Waals surface area contributed by atoms with Crippen molar-refractivity contribution in [3.05, 3.63) is 64.7 Å². The molecule has 3 aromatic rings. The lowest BCUT2D eigenvalue weighted by molar-refractivity contribution is -0.384. The van der Waals surface area contributed by atoms with E-state index >= 15 is 0 Å². The number of nitro benzene ring substituents is 1.